The molecule has 0 aromatic heterocycles. The third kappa shape index (κ3) is 4.60. The van der Waals surface area contributed by atoms with Crippen molar-refractivity contribution in [1.29, 1.82) is 0 Å². The van der Waals surface area contributed by atoms with Crippen molar-refractivity contribution < 1.29 is 39.3 Å². The van der Waals surface area contributed by atoms with Gasteiger partial charge in [-0.15, -0.1) is 0 Å². The molecule has 2 amide bonds. The molecule has 1 saturated heterocycles. The fraction of sp³-hybridized carbons (Fsp3) is 0.178. The Hall–Kier alpha value is -6.61. The lowest BCUT2D eigenvalue weighted by molar-refractivity contribution is -0.135. The van der Waals surface area contributed by atoms with Crippen molar-refractivity contribution in [2.24, 2.45) is 23.7 Å². The summed E-state index contributed by atoms with van der Waals surface area (Å²) in [4.78, 5) is 71.8. The molecule has 9 nitrogen and oxygen atoms in total. The number of imide groups is 1. The molecule has 9 heteroatoms. The van der Waals surface area contributed by atoms with Gasteiger partial charge in [-0.05, 0) is 53.5 Å². The first-order valence-electron chi connectivity index (χ1n) is 17.9. The number of anilines is 1. The van der Waals surface area contributed by atoms with Crippen molar-refractivity contribution in [1.82, 2.24) is 0 Å². The Balaban J connectivity index is 1.27. The van der Waals surface area contributed by atoms with Crippen molar-refractivity contribution in [3.63, 3.8) is 0 Å². The van der Waals surface area contributed by atoms with Gasteiger partial charge in [-0.3, -0.25) is 19.2 Å². The van der Waals surface area contributed by atoms with E-state index in [1.807, 2.05) is 66.7 Å². The molecule has 1 heterocycles. The van der Waals surface area contributed by atoms with Crippen molar-refractivity contribution >= 4 is 51.4 Å². The van der Waals surface area contributed by atoms with E-state index in [9.17, 15) is 29.7 Å². The first-order valence-corrected chi connectivity index (χ1v) is 17.9. The van der Waals surface area contributed by atoms with Crippen molar-refractivity contribution in [2.45, 2.75) is 24.2 Å². The molecule has 54 heavy (non-hydrogen) atoms. The van der Waals surface area contributed by atoms with E-state index in [4.69, 9.17) is 0 Å². The van der Waals surface area contributed by atoms with Gasteiger partial charge in [0, 0.05) is 34.4 Å². The number of allylic oxidation sites excluding steroid dienone is 4. The second-order valence-corrected chi connectivity index (χ2v) is 14.5. The Bertz CT molecular complexity index is 2520. The van der Waals surface area contributed by atoms with Gasteiger partial charge in [-0.1, -0.05) is 109 Å². The fourth-order valence-electron chi connectivity index (χ4n) is 9.82. The van der Waals surface area contributed by atoms with E-state index in [1.165, 1.54) is 12.1 Å². The Morgan fingerprint density at radius 3 is 2.19 bits per heavy atom. The number of ketones is 2. The summed E-state index contributed by atoms with van der Waals surface area (Å²) < 4.78 is 0. The third-order valence-corrected chi connectivity index (χ3v) is 12.1. The molecular formula is C45H33NO8. The van der Waals surface area contributed by atoms with Gasteiger partial charge in [-0.25, -0.2) is 9.69 Å². The monoisotopic (exact) mass is 715 g/mol. The van der Waals surface area contributed by atoms with Crippen LogP contribution < -0.4 is 4.90 Å². The van der Waals surface area contributed by atoms with Crippen LogP contribution in [0.5, 0.6) is 11.5 Å². The summed E-state index contributed by atoms with van der Waals surface area (Å²) in [5.74, 6) is -7.85. The molecule has 1 saturated carbocycles. The summed E-state index contributed by atoms with van der Waals surface area (Å²) in [5.41, 5.74) is 0.778. The van der Waals surface area contributed by atoms with E-state index in [0.717, 1.165) is 22.4 Å². The molecule has 0 spiro atoms. The molecule has 5 aromatic rings. The number of amides is 2. The van der Waals surface area contributed by atoms with Gasteiger partial charge < -0.3 is 15.3 Å². The predicted molar refractivity (Wildman–Crippen MR) is 200 cm³/mol. The standard InChI is InChI=1S/C45H33NO8/c47-36-21-27(16-18-30(36)44(53)54)46-42(51)31-20-19-29-34(38(31)43(46)52)22-35-41(50)33(24-9-3-1-4-10-24)23-37(48)45(35,26-12-5-2-6-13-26)39(29)32-17-15-25-11-7-8-14-28(25)40(32)49/h1-19,21,23,31,34-35,38-39,47,49H,20,22H2,(H,53,54). The van der Waals surface area contributed by atoms with Gasteiger partial charge in [0.2, 0.25) is 11.8 Å². The smallest absolute Gasteiger partial charge is 0.339 e. The Kier molecular flexibility index (Phi) is 7.53. The van der Waals surface area contributed by atoms with Crippen LogP contribution >= 0.6 is 0 Å². The van der Waals surface area contributed by atoms with Crippen LogP contribution in [-0.4, -0.2) is 44.7 Å². The molecule has 6 atom stereocenters. The van der Waals surface area contributed by atoms with Crippen LogP contribution in [0.15, 0.2) is 133 Å². The average molecular weight is 716 g/mol. The van der Waals surface area contributed by atoms with Crippen LogP contribution in [0.2, 0.25) is 0 Å². The highest BCUT2D eigenvalue weighted by Gasteiger charge is 2.66. The third-order valence-electron chi connectivity index (χ3n) is 12.1. The number of hydrogen-bond donors (Lipinski definition) is 3. The molecule has 9 rings (SSSR count). The van der Waals surface area contributed by atoms with Crippen molar-refractivity contribution in [2.75, 3.05) is 4.90 Å². The van der Waals surface area contributed by atoms with Crippen molar-refractivity contribution in [3.05, 3.63) is 155 Å². The maximum atomic E-state index is 15.3. The average Bonchev–Trinajstić information content (AvgIpc) is 3.45. The number of carboxylic acid groups (broad SMARTS) is 1. The number of aromatic carboxylic acids is 1. The highest BCUT2D eigenvalue weighted by molar-refractivity contribution is 6.32. The maximum absolute atomic E-state index is 15.3. The Morgan fingerprint density at radius 1 is 0.759 bits per heavy atom. The van der Waals surface area contributed by atoms with Crippen LogP contribution in [0.25, 0.3) is 16.3 Å². The lowest BCUT2D eigenvalue weighted by Gasteiger charge is -2.55. The van der Waals surface area contributed by atoms with Crippen molar-refractivity contribution in [3.8, 4) is 11.5 Å². The zero-order valence-electron chi connectivity index (χ0n) is 28.8. The summed E-state index contributed by atoms with van der Waals surface area (Å²) in [6.07, 6.45) is 3.60. The number of hydrogen-bond acceptors (Lipinski definition) is 7. The molecule has 1 aliphatic heterocycles. The van der Waals surface area contributed by atoms with E-state index in [-0.39, 0.29) is 47.0 Å². The minimum absolute atomic E-state index is 0.0293. The zero-order valence-corrected chi connectivity index (χ0v) is 28.8. The minimum Gasteiger partial charge on any atom is -0.507 e. The molecular weight excluding hydrogens is 682 g/mol. The van der Waals surface area contributed by atoms with Crippen LogP contribution in [0.3, 0.4) is 0 Å². The lowest BCUT2D eigenvalue weighted by Crippen LogP contribution is -2.58. The quantitative estimate of drug-likeness (QED) is 0.130. The van der Waals surface area contributed by atoms with E-state index < -0.39 is 58.5 Å². The molecule has 0 bridgehead atoms. The normalized spacial score (nSPS) is 26.1. The van der Waals surface area contributed by atoms with Gasteiger partial charge in [0.1, 0.15) is 17.1 Å². The second-order valence-electron chi connectivity index (χ2n) is 14.5. The first kappa shape index (κ1) is 33.2. The molecule has 6 unspecified atom stereocenters. The second kappa shape index (κ2) is 12.2. The Labute approximate surface area is 309 Å². The van der Waals surface area contributed by atoms with Crippen LogP contribution in [0.4, 0.5) is 5.69 Å². The number of Topliss-reactive ketones (excluding diaryl/α,β-unsaturated/α-hetero) is 1. The summed E-state index contributed by atoms with van der Waals surface area (Å²) in [5, 5.41) is 33.5. The SMILES string of the molecule is O=C(O)c1ccc(N2C(=O)C3CC=C4C(CC5C(=O)C(c6ccccc6)=CC(=O)C5(c5ccccc5)C4c4ccc5ccccc5c4O)C3C2=O)cc1O. The summed E-state index contributed by atoms with van der Waals surface area (Å²) in [6, 6.07) is 32.8. The predicted octanol–water partition coefficient (Wildman–Crippen LogP) is 6.98. The molecule has 2 fully saturated rings. The van der Waals surface area contributed by atoms with E-state index in [0.29, 0.717) is 27.6 Å². The maximum Gasteiger partial charge on any atom is 0.339 e. The van der Waals surface area contributed by atoms with Crippen LogP contribution in [-0.2, 0) is 24.6 Å². The summed E-state index contributed by atoms with van der Waals surface area (Å²) in [6.45, 7) is 0. The number of carbonyl (C=O) groups excluding carboxylic acids is 4. The summed E-state index contributed by atoms with van der Waals surface area (Å²) >= 11 is 0. The largest absolute Gasteiger partial charge is 0.507 e. The zero-order chi connectivity index (χ0) is 37.5. The molecule has 266 valence electrons. The van der Waals surface area contributed by atoms with Crippen LogP contribution in [0, 0.1) is 23.7 Å². The summed E-state index contributed by atoms with van der Waals surface area (Å²) in [7, 11) is 0. The number of carboxylic acids is 1. The number of carbonyl (C=O) groups is 5. The van der Waals surface area contributed by atoms with Gasteiger partial charge >= 0.3 is 5.97 Å². The van der Waals surface area contributed by atoms with Gasteiger partial charge in [0.15, 0.2) is 11.6 Å². The Morgan fingerprint density at radius 2 is 1.46 bits per heavy atom. The number of nitrogens with zero attached hydrogens (tertiary/aromatic N) is 1. The lowest BCUT2D eigenvalue weighted by atomic mass is 9.44. The topological polar surface area (TPSA) is 149 Å². The number of rotatable bonds is 5. The minimum atomic E-state index is -1.50. The number of benzene rings is 5. The molecule has 3 aliphatic carbocycles. The highest BCUT2D eigenvalue weighted by atomic mass is 16.4. The van der Waals surface area contributed by atoms with Crippen LogP contribution in [0.1, 0.15) is 45.8 Å². The number of phenolic OH excluding ortho intramolecular Hbond substituents is 1. The first-order chi connectivity index (χ1) is 26.1. The highest BCUT2D eigenvalue weighted by Crippen LogP contribution is 2.65. The fourth-order valence-corrected chi connectivity index (χ4v) is 9.82. The number of aromatic hydroxyl groups is 2. The molecule has 5 aromatic carbocycles. The number of fused-ring (bicyclic) bond motifs is 5. The molecule has 0 radical (unpaired) electrons. The van der Waals surface area contributed by atoms with Gasteiger partial charge in [0.05, 0.1) is 22.9 Å². The van der Waals surface area contributed by atoms with E-state index in [2.05, 4.69) is 0 Å². The van der Waals surface area contributed by atoms with E-state index in [1.54, 1.807) is 36.4 Å². The molecule has 4 aliphatic rings. The molecule has 3 N–H and O–H groups in total. The van der Waals surface area contributed by atoms with Gasteiger partial charge in [0.25, 0.3) is 0 Å². The number of phenols is 2. The van der Waals surface area contributed by atoms with Gasteiger partial charge in [-0.2, -0.15) is 0 Å². The van der Waals surface area contributed by atoms with E-state index >= 15 is 9.59 Å².